The molecule has 0 saturated carbocycles. The van der Waals surface area contributed by atoms with E-state index in [0.717, 1.165) is 38.5 Å². The minimum absolute atomic E-state index is 0.117. The molecule has 0 radical (unpaired) electrons. The topological polar surface area (TPSA) is 58.9 Å². The first-order valence-corrected chi connectivity index (χ1v) is 6.33. The van der Waals surface area contributed by atoms with Gasteiger partial charge in [-0.3, -0.25) is 0 Å². The summed E-state index contributed by atoms with van der Waals surface area (Å²) in [6, 6.07) is 0. The molecule has 0 aromatic rings. The number of ether oxygens (including phenoxy) is 2. The second-order valence-electron chi connectivity index (χ2n) is 4.88. The van der Waals surface area contributed by atoms with Crippen molar-refractivity contribution in [3.63, 3.8) is 0 Å². The molecule has 0 aromatic carbocycles. The molecule has 2 aliphatic rings. The molecule has 2 rings (SSSR count). The molecule has 2 heterocycles. The number of hydrogen-bond donors (Lipinski definition) is 2. The van der Waals surface area contributed by atoms with Crippen LogP contribution in [0.3, 0.4) is 0 Å². The molecule has 3 atom stereocenters. The lowest BCUT2D eigenvalue weighted by Crippen LogP contribution is -2.56. The first-order valence-electron chi connectivity index (χ1n) is 6.33. The predicted octanol–water partition coefficient (Wildman–Crippen LogP) is 0.848. The third kappa shape index (κ3) is 2.40. The Balaban J connectivity index is 2.00. The fourth-order valence-electron chi connectivity index (χ4n) is 2.68. The first kappa shape index (κ1) is 12.3. The monoisotopic (exact) mass is 230 g/mol. The quantitative estimate of drug-likeness (QED) is 0.754. The maximum absolute atomic E-state index is 10.3. The van der Waals surface area contributed by atoms with E-state index in [2.05, 4.69) is 0 Å². The van der Waals surface area contributed by atoms with E-state index in [1.165, 1.54) is 0 Å². The molecule has 0 aromatic heterocycles. The van der Waals surface area contributed by atoms with Gasteiger partial charge in [0.1, 0.15) is 11.7 Å². The van der Waals surface area contributed by atoms with Crippen molar-refractivity contribution in [2.75, 3.05) is 19.8 Å². The first-order chi connectivity index (χ1) is 7.78. The molecule has 16 heavy (non-hydrogen) atoms. The normalized spacial score (nSPS) is 38.2. The molecular weight excluding hydrogens is 208 g/mol. The number of aliphatic hydroxyl groups is 2. The van der Waals surface area contributed by atoms with Crippen LogP contribution >= 0.6 is 0 Å². The highest BCUT2D eigenvalue weighted by atomic mass is 16.5. The van der Waals surface area contributed by atoms with Crippen LogP contribution in [-0.2, 0) is 9.47 Å². The molecular formula is C12H22O4. The van der Waals surface area contributed by atoms with Crippen molar-refractivity contribution >= 4 is 0 Å². The van der Waals surface area contributed by atoms with E-state index in [0.29, 0.717) is 13.2 Å². The predicted molar refractivity (Wildman–Crippen MR) is 59.2 cm³/mol. The van der Waals surface area contributed by atoms with Crippen molar-refractivity contribution in [1.82, 2.24) is 0 Å². The molecule has 0 aliphatic carbocycles. The van der Waals surface area contributed by atoms with Crippen LogP contribution < -0.4 is 0 Å². The number of rotatable bonds is 3. The van der Waals surface area contributed by atoms with E-state index in [1.807, 2.05) is 0 Å². The summed E-state index contributed by atoms with van der Waals surface area (Å²) in [5.74, 6) is 0. The largest absolute Gasteiger partial charge is 0.393 e. The van der Waals surface area contributed by atoms with Gasteiger partial charge in [0, 0.05) is 13.2 Å². The Kier molecular flexibility index (Phi) is 4.19. The van der Waals surface area contributed by atoms with E-state index < -0.39 is 11.7 Å². The second kappa shape index (κ2) is 5.45. The van der Waals surface area contributed by atoms with E-state index in [9.17, 15) is 10.2 Å². The lowest BCUT2D eigenvalue weighted by molar-refractivity contribution is -0.208. The Labute approximate surface area is 96.6 Å². The Hall–Kier alpha value is -0.160. The van der Waals surface area contributed by atoms with E-state index in [1.54, 1.807) is 0 Å². The van der Waals surface area contributed by atoms with Crippen LogP contribution in [0.2, 0.25) is 0 Å². The Morgan fingerprint density at radius 2 is 2.00 bits per heavy atom. The molecule has 2 saturated heterocycles. The number of aliphatic hydroxyl groups excluding tert-OH is 2. The molecule has 4 heteroatoms. The zero-order valence-electron chi connectivity index (χ0n) is 9.73. The summed E-state index contributed by atoms with van der Waals surface area (Å²) in [6.45, 7) is 1.22. The minimum atomic E-state index is -0.778. The van der Waals surface area contributed by atoms with Crippen LogP contribution in [0.25, 0.3) is 0 Å². The summed E-state index contributed by atoms with van der Waals surface area (Å²) in [7, 11) is 0. The summed E-state index contributed by atoms with van der Waals surface area (Å²) in [5, 5.41) is 19.8. The van der Waals surface area contributed by atoms with Crippen LogP contribution in [0.5, 0.6) is 0 Å². The fourth-order valence-corrected chi connectivity index (χ4v) is 2.68. The highest BCUT2D eigenvalue weighted by Crippen LogP contribution is 2.32. The van der Waals surface area contributed by atoms with Gasteiger partial charge in [0.25, 0.3) is 0 Å². The maximum atomic E-state index is 10.3. The van der Waals surface area contributed by atoms with Crippen LogP contribution in [0.15, 0.2) is 0 Å². The molecule has 2 fully saturated rings. The Bertz CT molecular complexity index is 207. The molecule has 2 aliphatic heterocycles. The standard InChI is InChI=1S/C12H22O4/c13-9-12(6-2-4-8-16-12)11(14)10-5-1-3-7-15-10/h10-11,13-14H,1-9H2. The van der Waals surface area contributed by atoms with Gasteiger partial charge in [-0.15, -0.1) is 0 Å². The van der Waals surface area contributed by atoms with E-state index in [-0.39, 0.29) is 12.7 Å². The van der Waals surface area contributed by atoms with Gasteiger partial charge in [-0.05, 0) is 38.5 Å². The van der Waals surface area contributed by atoms with Crippen molar-refractivity contribution in [3.8, 4) is 0 Å². The summed E-state index contributed by atoms with van der Waals surface area (Å²) in [4.78, 5) is 0. The van der Waals surface area contributed by atoms with Crippen LogP contribution in [-0.4, -0.2) is 47.8 Å². The summed E-state index contributed by atoms with van der Waals surface area (Å²) in [5.41, 5.74) is -0.778. The second-order valence-corrected chi connectivity index (χ2v) is 4.88. The summed E-state index contributed by atoms with van der Waals surface area (Å²) < 4.78 is 11.2. The molecule has 0 spiro atoms. The van der Waals surface area contributed by atoms with Crippen molar-refractivity contribution in [3.05, 3.63) is 0 Å². The average molecular weight is 230 g/mol. The van der Waals surface area contributed by atoms with Gasteiger partial charge in [0.2, 0.25) is 0 Å². The van der Waals surface area contributed by atoms with Gasteiger partial charge in [-0.1, -0.05) is 0 Å². The van der Waals surface area contributed by atoms with Gasteiger partial charge in [-0.25, -0.2) is 0 Å². The van der Waals surface area contributed by atoms with Gasteiger partial charge in [0.15, 0.2) is 0 Å². The highest BCUT2D eigenvalue weighted by Gasteiger charge is 2.44. The Morgan fingerprint density at radius 1 is 1.19 bits per heavy atom. The molecule has 0 bridgehead atoms. The van der Waals surface area contributed by atoms with Crippen LogP contribution in [0.4, 0.5) is 0 Å². The zero-order chi connectivity index (χ0) is 11.4. The molecule has 3 unspecified atom stereocenters. The maximum Gasteiger partial charge on any atom is 0.119 e. The van der Waals surface area contributed by atoms with Crippen molar-refractivity contribution in [2.24, 2.45) is 0 Å². The van der Waals surface area contributed by atoms with Crippen LogP contribution in [0.1, 0.15) is 38.5 Å². The fraction of sp³-hybridized carbons (Fsp3) is 1.00. The molecule has 2 N–H and O–H groups in total. The van der Waals surface area contributed by atoms with E-state index in [4.69, 9.17) is 9.47 Å². The SMILES string of the molecule is OCC1(C(O)C2CCCCO2)CCCCO1. The summed E-state index contributed by atoms with van der Waals surface area (Å²) in [6.07, 6.45) is 4.90. The van der Waals surface area contributed by atoms with Gasteiger partial charge < -0.3 is 19.7 Å². The number of hydrogen-bond acceptors (Lipinski definition) is 4. The molecule has 0 amide bonds. The molecule has 94 valence electrons. The van der Waals surface area contributed by atoms with E-state index >= 15 is 0 Å². The minimum Gasteiger partial charge on any atom is -0.393 e. The van der Waals surface area contributed by atoms with Gasteiger partial charge in [-0.2, -0.15) is 0 Å². The lowest BCUT2D eigenvalue weighted by Gasteiger charge is -2.43. The smallest absolute Gasteiger partial charge is 0.119 e. The zero-order valence-corrected chi connectivity index (χ0v) is 9.73. The lowest BCUT2D eigenvalue weighted by atomic mass is 9.84. The van der Waals surface area contributed by atoms with Gasteiger partial charge in [0.05, 0.1) is 12.7 Å². The van der Waals surface area contributed by atoms with Crippen molar-refractivity contribution < 1.29 is 19.7 Å². The third-order valence-electron chi connectivity index (χ3n) is 3.76. The highest BCUT2D eigenvalue weighted by molar-refractivity contribution is 4.95. The third-order valence-corrected chi connectivity index (χ3v) is 3.76. The molecule has 4 nitrogen and oxygen atoms in total. The average Bonchev–Trinajstić information content (AvgIpc) is 2.39. The summed E-state index contributed by atoms with van der Waals surface area (Å²) >= 11 is 0. The van der Waals surface area contributed by atoms with Crippen molar-refractivity contribution in [2.45, 2.75) is 56.3 Å². The van der Waals surface area contributed by atoms with Crippen LogP contribution in [0, 0.1) is 0 Å². The van der Waals surface area contributed by atoms with Gasteiger partial charge >= 0.3 is 0 Å². The van der Waals surface area contributed by atoms with Crippen molar-refractivity contribution in [1.29, 1.82) is 0 Å². The Morgan fingerprint density at radius 3 is 2.56 bits per heavy atom.